The van der Waals surface area contributed by atoms with E-state index in [0.717, 1.165) is 32.6 Å². The maximum Gasteiger partial charge on any atom is 0.0825 e. The quantitative estimate of drug-likeness (QED) is 0.894. The van der Waals surface area contributed by atoms with Gasteiger partial charge in [0, 0.05) is 32.4 Å². The zero-order chi connectivity index (χ0) is 14.6. The molecular weight excluding hydrogens is 248 g/mol. The number of nitrogens with zero attached hydrogens (tertiary/aromatic N) is 1. The molecule has 3 nitrogen and oxygen atoms in total. The Kier molecular flexibility index (Phi) is 5.06. The van der Waals surface area contributed by atoms with Crippen molar-refractivity contribution < 1.29 is 4.74 Å². The zero-order valence-electron chi connectivity index (χ0n) is 13.3. The van der Waals surface area contributed by atoms with Gasteiger partial charge in [-0.15, -0.1) is 0 Å². The van der Waals surface area contributed by atoms with E-state index in [4.69, 9.17) is 4.74 Å². The third kappa shape index (κ3) is 3.53. The number of hydrogen-bond donors (Lipinski definition) is 1. The lowest BCUT2D eigenvalue weighted by atomic mass is 9.93. The molecule has 2 rings (SSSR count). The van der Waals surface area contributed by atoms with E-state index in [1.165, 1.54) is 23.2 Å². The fraction of sp³-hybridized carbons (Fsp3) is 0.647. The van der Waals surface area contributed by atoms with Crippen molar-refractivity contribution in [1.29, 1.82) is 0 Å². The average molecular weight is 276 g/mol. The number of hydrogen-bond acceptors (Lipinski definition) is 3. The summed E-state index contributed by atoms with van der Waals surface area (Å²) < 4.78 is 5.70. The molecule has 1 aromatic carbocycles. The highest BCUT2D eigenvalue weighted by molar-refractivity contribution is 5.55. The number of nitrogens with one attached hydrogen (secondary N) is 1. The summed E-state index contributed by atoms with van der Waals surface area (Å²) >= 11 is 0. The standard InChI is InChI=1S/C17H28N2O/c1-5-18-12-15-7-8-16(14(2)11-15)19-10-6-9-17(3,13-19)20-4/h7-8,11,18H,5-6,9-10,12-13H2,1-4H3. The maximum atomic E-state index is 5.70. The van der Waals surface area contributed by atoms with E-state index in [2.05, 4.69) is 49.2 Å². The molecule has 1 fully saturated rings. The van der Waals surface area contributed by atoms with Gasteiger partial charge in [-0.3, -0.25) is 0 Å². The smallest absolute Gasteiger partial charge is 0.0825 e. The van der Waals surface area contributed by atoms with Crippen LogP contribution in [0.1, 0.15) is 37.8 Å². The summed E-state index contributed by atoms with van der Waals surface area (Å²) in [5, 5.41) is 3.38. The number of rotatable bonds is 5. The summed E-state index contributed by atoms with van der Waals surface area (Å²) in [5.74, 6) is 0. The van der Waals surface area contributed by atoms with Gasteiger partial charge in [-0.05, 0) is 50.4 Å². The first-order valence-corrected chi connectivity index (χ1v) is 7.68. The largest absolute Gasteiger partial charge is 0.377 e. The van der Waals surface area contributed by atoms with Crippen LogP contribution in [0.2, 0.25) is 0 Å². The van der Waals surface area contributed by atoms with Gasteiger partial charge in [-0.1, -0.05) is 19.1 Å². The molecule has 1 saturated heterocycles. The lowest BCUT2D eigenvalue weighted by molar-refractivity contribution is -0.00467. The Bertz CT molecular complexity index is 447. The minimum absolute atomic E-state index is 0.00682. The van der Waals surface area contributed by atoms with Crippen molar-refractivity contribution in [3.8, 4) is 0 Å². The highest BCUT2D eigenvalue weighted by Gasteiger charge is 2.31. The first-order valence-electron chi connectivity index (χ1n) is 7.68. The monoisotopic (exact) mass is 276 g/mol. The van der Waals surface area contributed by atoms with Gasteiger partial charge in [0.1, 0.15) is 0 Å². The highest BCUT2D eigenvalue weighted by Crippen LogP contribution is 2.30. The van der Waals surface area contributed by atoms with Crippen LogP contribution in [0, 0.1) is 6.92 Å². The van der Waals surface area contributed by atoms with E-state index in [-0.39, 0.29) is 5.60 Å². The molecule has 1 unspecified atom stereocenters. The van der Waals surface area contributed by atoms with Crippen molar-refractivity contribution in [3.63, 3.8) is 0 Å². The fourth-order valence-electron chi connectivity index (χ4n) is 3.03. The maximum absolute atomic E-state index is 5.70. The number of aryl methyl sites for hydroxylation is 1. The van der Waals surface area contributed by atoms with Crippen LogP contribution in [0.4, 0.5) is 5.69 Å². The first kappa shape index (κ1) is 15.3. The molecule has 20 heavy (non-hydrogen) atoms. The molecule has 112 valence electrons. The second-order valence-electron chi connectivity index (χ2n) is 6.08. The van der Waals surface area contributed by atoms with Gasteiger partial charge >= 0.3 is 0 Å². The third-order valence-electron chi connectivity index (χ3n) is 4.33. The van der Waals surface area contributed by atoms with Crippen LogP contribution in [-0.4, -0.2) is 32.3 Å². The Morgan fingerprint density at radius 3 is 2.85 bits per heavy atom. The number of piperidine rings is 1. The van der Waals surface area contributed by atoms with Crippen molar-refractivity contribution >= 4 is 5.69 Å². The molecule has 1 N–H and O–H groups in total. The van der Waals surface area contributed by atoms with Gasteiger partial charge in [-0.25, -0.2) is 0 Å². The van der Waals surface area contributed by atoms with E-state index >= 15 is 0 Å². The summed E-state index contributed by atoms with van der Waals surface area (Å²) in [6.45, 7) is 10.6. The van der Waals surface area contributed by atoms with Gasteiger partial charge in [0.25, 0.3) is 0 Å². The normalized spacial score (nSPS) is 23.1. The third-order valence-corrected chi connectivity index (χ3v) is 4.33. The Hall–Kier alpha value is -1.06. The minimum Gasteiger partial charge on any atom is -0.377 e. The van der Waals surface area contributed by atoms with Crippen LogP contribution in [0.25, 0.3) is 0 Å². The summed E-state index contributed by atoms with van der Waals surface area (Å²) in [7, 11) is 1.83. The van der Waals surface area contributed by atoms with Gasteiger partial charge in [0.15, 0.2) is 0 Å². The van der Waals surface area contributed by atoms with Gasteiger partial charge in [-0.2, -0.15) is 0 Å². The Labute approximate surface area is 123 Å². The molecule has 1 aliphatic heterocycles. The molecule has 3 heteroatoms. The van der Waals surface area contributed by atoms with Crippen LogP contribution in [0.15, 0.2) is 18.2 Å². The van der Waals surface area contributed by atoms with Crippen molar-refractivity contribution in [2.24, 2.45) is 0 Å². The summed E-state index contributed by atoms with van der Waals surface area (Å²) in [5.41, 5.74) is 4.07. The Balaban J connectivity index is 2.12. The lowest BCUT2D eigenvalue weighted by Gasteiger charge is -2.41. The number of benzene rings is 1. The molecule has 0 amide bonds. The topological polar surface area (TPSA) is 24.5 Å². The first-order chi connectivity index (χ1) is 9.58. The van der Waals surface area contributed by atoms with E-state index in [9.17, 15) is 0 Å². The fourth-order valence-corrected chi connectivity index (χ4v) is 3.03. The molecule has 1 heterocycles. The number of ether oxygens (including phenoxy) is 1. The minimum atomic E-state index is -0.00682. The molecular formula is C17H28N2O. The summed E-state index contributed by atoms with van der Waals surface area (Å²) in [6.07, 6.45) is 2.35. The molecule has 0 bridgehead atoms. The van der Waals surface area contributed by atoms with E-state index in [0.29, 0.717) is 0 Å². The van der Waals surface area contributed by atoms with E-state index < -0.39 is 0 Å². The van der Waals surface area contributed by atoms with Gasteiger partial charge in [0.05, 0.1) is 5.60 Å². The van der Waals surface area contributed by atoms with E-state index in [1.807, 2.05) is 7.11 Å². The van der Waals surface area contributed by atoms with Crippen LogP contribution in [-0.2, 0) is 11.3 Å². The molecule has 1 aliphatic rings. The average Bonchev–Trinajstić information content (AvgIpc) is 2.45. The van der Waals surface area contributed by atoms with Crippen LogP contribution in [0.5, 0.6) is 0 Å². The van der Waals surface area contributed by atoms with Crippen LogP contribution >= 0.6 is 0 Å². The van der Waals surface area contributed by atoms with Crippen molar-refractivity contribution in [3.05, 3.63) is 29.3 Å². The highest BCUT2D eigenvalue weighted by atomic mass is 16.5. The molecule has 1 atom stereocenters. The van der Waals surface area contributed by atoms with Crippen molar-refractivity contribution in [1.82, 2.24) is 5.32 Å². The van der Waals surface area contributed by atoms with Crippen molar-refractivity contribution in [2.45, 2.75) is 45.8 Å². The molecule has 0 spiro atoms. The molecule has 0 aliphatic carbocycles. The van der Waals surface area contributed by atoms with Gasteiger partial charge < -0.3 is 15.0 Å². The molecule has 0 saturated carbocycles. The summed E-state index contributed by atoms with van der Waals surface area (Å²) in [4.78, 5) is 2.47. The van der Waals surface area contributed by atoms with Crippen LogP contribution in [0.3, 0.4) is 0 Å². The molecule has 1 aromatic rings. The van der Waals surface area contributed by atoms with Crippen LogP contribution < -0.4 is 10.2 Å². The lowest BCUT2D eigenvalue weighted by Crippen LogP contribution is -2.47. The Morgan fingerprint density at radius 2 is 2.20 bits per heavy atom. The SMILES string of the molecule is CCNCc1ccc(N2CCCC(C)(OC)C2)c(C)c1. The summed E-state index contributed by atoms with van der Waals surface area (Å²) in [6, 6.07) is 6.81. The predicted molar refractivity (Wildman–Crippen MR) is 85.4 cm³/mol. The van der Waals surface area contributed by atoms with E-state index in [1.54, 1.807) is 0 Å². The zero-order valence-corrected chi connectivity index (χ0v) is 13.3. The predicted octanol–water partition coefficient (Wildman–Crippen LogP) is 3.11. The molecule has 0 aromatic heterocycles. The second-order valence-corrected chi connectivity index (χ2v) is 6.08. The number of anilines is 1. The Morgan fingerprint density at radius 1 is 1.40 bits per heavy atom. The van der Waals surface area contributed by atoms with Crippen molar-refractivity contribution in [2.75, 3.05) is 31.6 Å². The second kappa shape index (κ2) is 6.59. The van der Waals surface area contributed by atoms with Gasteiger partial charge in [0.2, 0.25) is 0 Å². The number of methoxy groups -OCH3 is 1. The molecule has 0 radical (unpaired) electrons.